The molecule has 0 unspecified atom stereocenters. The Morgan fingerprint density at radius 1 is 1.28 bits per heavy atom. The van der Waals surface area contributed by atoms with E-state index in [2.05, 4.69) is 20.5 Å². The zero-order valence-electron chi connectivity index (χ0n) is 15.1. The number of nitrogens with zero attached hydrogens (tertiary/aromatic N) is 2. The van der Waals surface area contributed by atoms with Crippen LogP contribution in [-0.2, 0) is 16.1 Å². The first kappa shape index (κ1) is 19.3. The van der Waals surface area contributed by atoms with E-state index in [4.69, 9.17) is 5.73 Å². The molecule has 7 heteroatoms. The van der Waals surface area contributed by atoms with Gasteiger partial charge in [-0.1, -0.05) is 13.8 Å². The summed E-state index contributed by atoms with van der Waals surface area (Å²) >= 11 is 0. The molecule has 1 aromatic rings. The van der Waals surface area contributed by atoms with Crippen LogP contribution in [0.15, 0.2) is 24.5 Å². The molecule has 1 fully saturated rings. The molecule has 0 aliphatic carbocycles. The van der Waals surface area contributed by atoms with Gasteiger partial charge in [-0.15, -0.1) is 0 Å². The number of nitrogens with one attached hydrogen (secondary N) is 2. The third kappa shape index (κ3) is 6.43. The zero-order valence-corrected chi connectivity index (χ0v) is 15.1. The highest BCUT2D eigenvalue weighted by Crippen LogP contribution is 2.13. The molecule has 25 heavy (non-hydrogen) atoms. The van der Waals surface area contributed by atoms with Gasteiger partial charge in [-0.05, 0) is 36.5 Å². The number of hydrogen-bond donors (Lipinski definition) is 3. The molecule has 0 aromatic carbocycles. The molecule has 2 rings (SSSR count). The first-order valence-electron chi connectivity index (χ1n) is 8.89. The summed E-state index contributed by atoms with van der Waals surface area (Å²) in [6, 6.07) is 3.64. The zero-order chi connectivity index (χ0) is 18.2. The summed E-state index contributed by atoms with van der Waals surface area (Å²) in [6.07, 6.45) is 5.44. The quantitative estimate of drug-likeness (QED) is 0.657. The monoisotopic (exact) mass is 347 g/mol. The van der Waals surface area contributed by atoms with Crippen LogP contribution in [0.2, 0.25) is 0 Å². The SMILES string of the molecule is CC(C)[C@H](N)C(=O)NCC(=O)NC1CCN(Cc2ccncc2)CC1. The molecule has 0 radical (unpaired) electrons. The molecule has 138 valence electrons. The molecule has 1 aliphatic rings. The predicted molar refractivity (Wildman–Crippen MR) is 96.5 cm³/mol. The van der Waals surface area contributed by atoms with E-state index < -0.39 is 6.04 Å². The van der Waals surface area contributed by atoms with Crippen LogP contribution in [0.1, 0.15) is 32.3 Å². The third-order valence-corrected chi connectivity index (χ3v) is 4.55. The van der Waals surface area contributed by atoms with Crippen molar-refractivity contribution in [3.05, 3.63) is 30.1 Å². The highest BCUT2D eigenvalue weighted by atomic mass is 16.2. The summed E-state index contributed by atoms with van der Waals surface area (Å²) < 4.78 is 0. The van der Waals surface area contributed by atoms with E-state index in [1.807, 2.05) is 38.4 Å². The number of carbonyl (C=O) groups is 2. The largest absolute Gasteiger partial charge is 0.352 e. The molecule has 2 amide bonds. The van der Waals surface area contributed by atoms with Crippen molar-refractivity contribution in [2.45, 2.75) is 45.3 Å². The lowest BCUT2D eigenvalue weighted by Gasteiger charge is -2.32. The van der Waals surface area contributed by atoms with E-state index in [0.717, 1.165) is 32.5 Å². The van der Waals surface area contributed by atoms with Crippen molar-refractivity contribution < 1.29 is 9.59 Å². The summed E-state index contributed by atoms with van der Waals surface area (Å²) in [6.45, 7) is 6.53. The Balaban J connectivity index is 1.66. The highest BCUT2D eigenvalue weighted by molar-refractivity contribution is 5.87. The second-order valence-corrected chi connectivity index (χ2v) is 6.96. The molecule has 1 aliphatic heterocycles. The van der Waals surface area contributed by atoms with Gasteiger partial charge in [-0.3, -0.25) is 19.5 Å². The van der Waals surface area contributed by atoms with Crippen molar-refractivity contribution in [1.82, 2.24) is 20.5 Å². The lowest BCUT2D eigenvalue weighted by atomic mass is 10.0. The van der Waals surface area contributed by atoms with Gasteiger partial charge in [0.1, 0.15) is 0 Å². The average molecular weight is 347 g/mol. The maximum absolute atomic E-state index is 12.0. The summed E-state index contributed by atoms with van der Waals surface area (Å²) in [7, 11) is 0. The van der Waals surface area contributed by atoms with Crippen molar-refractivity contribution in [3.63, 3.8) is 0 Å². The van der Waals surface area contributed by atoms with Crippen LogP contribution >= 0.6 is 0 Å². The van der Waals surface area contributed by atoms with Crippen molar-refractivity contribution in [2.24, 2.45) is 11.7 Å². The van der Waals surface area contributed by atoms with Gasteiger partial charge in [0.15, 0.2) is 0 Å². The van der Waals surface area contributed by atoms with Crippen LogP contribution in [0.4, 0.5) is 0 Å². The molecule has 1 saturated heterocycles. The van der Waals surface area contributed by atoms with Crippen LogP contribution in [0.3, 0.4) is 0 Å². The number of carbonyl (C=O) groups excluding carboxylic acids is 2. The van der Waals surface area contributed by atoms with Crippen molar-refractivity contribution >= 4 is 11.8 Å². The van der Waals surface area contributed by atoms with E-state index in [1.165, 1.54) is 5.56 Å². The maximum atomic E-state index is 12.0. The normalized spacial score (nSPS) is 17.3. The van der Waals surface area contributed by atoms with E-state index in [9.17, 15) is 9.59 Å². The molecule has 2 heterocycles. The summed E-state index contributed by atoms with van der Waals surface area (Å²) in [5, 5.41) is 5.60. The first-order chi connectivity index (χ1) is 12.0. The molecule has 1 atom stereocenters. The standard InChI is InChI=1S/C18H29N5O2/c1-13(2)17(19)18(25)21-11-16(24)22-15-5-9-23(10-6-15)12-14-3-7-20-8-4-14/h3-4,7-8,13,15,17H,5-6,9-12,19H2,1-2H3,(H,21,25)(H,22,24)/t17-/m0/s1. The summed E-state index contributed by atoms with van der Waals surface area (Å²) in [5.41, 5.74) is 7.01. The fourth-order valence-corrected chi connectivity index (χ4v) is 2.85. The van der Waals surface area contributed by atoms with Crippen LogP contribution in [-0.4, -0.2) is 53.4 Å². The molecule has 4 N–H and O–H groups in total. The second-order valence-electron chi connectivity index (χ2n) is 6.96. The third-order valence-electron chi connectivity index (χ3n) is 4.55. The van der Waals surface area contributed by atoms with Gasteiger partial charge in [0.05, 0.1) is 12.6 Å². The number of rotatable bonds is 7. The van der Waals surface area contributed by atoms with Gasteiger partial charge in [0.25, 0.3) is 0 Å². The predicted octanol–water partition coefficient (Wildman–Crippen LogP) is 0.262. The van der Waals surface area contributed by atoms with E-state index in [0.29, 0.717) is 0 Å². The fraction of sp³-hybridized carbons (Fsp3) is 0.611. The van der Waals surface area contributed by atoms with Crippen LogP contribution in [0.5, 0.6) is 0 Å². The maximum Gasteiger partial charge on any atom is 0.239 e. The first-order valence-corrected chi connectivity index (χ1v) is 8.89. The van der Waals surface area contributed by atoms with Crippen LogP contribution in [0, 0.1) is 5.92 Å². The molecule has 0 bridgehead atoms. The lowest BCUT2D eigenvalue weighted by Crippen LogP contribution is -2.50. The number of amides is 2. The van der Waals surface area contributed by atoms with Gasteiger partial charge < -0.3 is 16.4 Å². The number of nitrogens with two attached hydrogens (primary N) is 1. The molecular formula is C18H29N5O2. The van der Waals surface area contributed by atoms with Gasteiger partial charge in [-0.2, -0.15) is 0 Å². The average Bonchev–Trinajstić information content (AvgIpc) is 2.61. The Morgan fingerprint density at radius 2 is 1.92 bits per heavy atom. The molecule has 1 aromatic heterocycles. The minimum atomic E-state index is -0.579. The van der Waals surface area contributed by atoms with Crippen LogP contribution in [0.25, 0.3) is 0 Å². The lowest BCUT2D eigenvalue weighted by molar-refractivity contribution is -0.127. The van der Waals surface area contributed by atoms with Crippen molar-refractivity contribution in [1.29, 1.82) is 0 Å². The number of pyridine rings is 1. The Kier molecular flexibility index (Phi) is 7.33. The Labute approximate surface area is 149 Å². The molecular weight excluding hydrogens is 318 g/mol. The van der Waals surface area contributed by atoms with E-state index in [1.54, 1.807) is 0 Å². The summed E-state index contributed by atoms with van der Waals surface area (Å²) in [5.74, 6) is -0.387. The Bertz CT molecular complexity index is 556. The van der Waals surface area contributed by atoms with Gasteiger partial charge in [0.2, 0.25) is 11.8 Å². The number of aromatic nitrogens is 1. The molecule has 0 saturated carbocycles. The minimum Gasteiger partial charge on any atom is -0.352 e. The minimum absolute atomic E-state index is 0.0174. The highest BCUT2D eigenvalue weighted by Gasteiger charge is 2.22. The van der Waals surface area contributed by atoms with E-state index in [-0.39, 0.29) is 30.3 Å². The number of likely N-dealkylation sites (tertiary alicyclic amines) is 1. The van der Waals surface area contributed by atoms with E-state index >= 15 is 0 Å². The summed E-state index contributed by atoms with van der Waals surface area (Å²) in [4.78, 5) is 30.2. The van der Waals surface area contributed by atoms with Gasteiger partial charge >= 0.3 is 0 Å². The Morgan fingerprint density at radius 3 is 2.52 bits per heavy atom. The van der Waals surface area contributed by atoms with Gasteiger partial charge in [-0.25, -0.2) is 0 Å². The molecule has 7 nitrogen and oxygen atoms in total. The number of piperidine rings is 1. The fourth-order valence-electron chi connectivity index (χ4n) is 2.85. The van der Waals surface area contributed by atoms with Gasteiger partial charge in [0, 0.05) is 38.1 Å². The second kappa shape index (κ2) is 9.48. The smallest absolute Gasteiger partial charge is 0.239 e. The van der Waals surface area contributed by atoms with Crippen molar-refractivity contribution in [3.8, 4) is 0 Å². The van der Waals surface area contributed by atoms with Crippen LogP contribution < -0.4 is 16.4 Å². The number of hydrogen-bond acceptors (Lipinski definition) is 5. The topological polar surface area (TPSA) is 100 Å². The Hall–Kier alpha value is -1.99. The van der Waals surface area contributed by atoms with Crippen molar-refractivity contribution in [2.75, 3.05) is 19.6 Å². The molecule has 0 spiro atoms.